The molecule has 0 aliphatic carbocycles. The molecular formula is C17H20N. The molecule has 0 amide bonds. The third kappa shape index (κ3) is 3.13. The molecule has 0 aliphatic rings. The minimum absolute atomic E-state index is 0.0806. The lowest BCUT2D eigenvalue weighted by molar-refractivity contribution is 0.456. The van der Waals surface area contributed by atoms with Gasteiger partial charge in [0.1, 0.15) is 0 Å². The van der Waals surface area contributed by atoms with E-state index in [9.17, 15) is 0 Å². The minimum atomic E-state index is 0.0806. The van der Waals surface area contributed by atoms with Gasteiger partial charge in [0.2, 0.25) is 0 Å². The fraction of sp³-hybridized carbons (Fsp3) is 0.235. The van der Waals surface area contributed by atoms with E-state index in [2.05, 4.69) is 62.5 Å². The first kappa shape index (κ1) is 12.7. The molecule has 18 heavy (non-hydrogen) atoms. The van der Waals surface area contributed by atoms with Gasteiger partial charge in [0.05, 0.1) is 6.04 Å². The van der Waals surface area contributed by atoms with Gasteiger partial charge < -0.3 is 5.32 Å². The van der Waals surface area contributed by atoms with E-state index < -0.39 is 0 Å². The van der Waals surface area contributed by atoms with E-state index >= 15 is 0 Å². The lowest BCUT2D eigenvalue weighted by Gasteiger charge is -2.31. The average Bonchev–Trinajstić information content (AvgIpc) is 2.37. The molecule has 93 valence electrons. The third-order valence-corrected chi connectivity index (χ3v) is 2.86. The van der Waals surface area contributed by atoms with Gasteiger partial charge in [-0.2, -0.15) is 0 Å². The Balaban J connectivity index is 2.28. The van der Waals surface area contributed by atoms with Gasteiger partial charge in [-0.25, -0.2) is 0 Å². The number of hydrogen-bond acceptors (Lipinski definition) is 1. The molecule has 0 saturated heterocycles. The third-order valence-electron chi connectivity index (χ3n) is 2.86. The Bertz CT molecular complexity index is 468. The number of para-hydroxylation sites is 1. The summed E-state index contributed by atoms with van der Waals surface area (Å²) in [6.45, 7) is 6.68. The predicted octanol–water partition coefficient (Wildman–Crippen LogP) is 4.72. The number of nitrogens with one attached hydrogen (secondary N) is 1. The molecule has 0 unspecified atom stereocenters. The van der Waals surface area contributed by atoms with Crippen LogP contribution in [0.1, 0.15) is 26.3 Å². The van der Waals surface area contributed by atoms with Crippen LogP contribution in [0, 0.1) is 11.5 Å². The highest BCUT2D eigenvalue weighted by molar-refractivity contribution is 5.52. The molecule has 0 heterocycles. The van der Waals surface area contributed by atoms with Gasteiger partial charge in [0.15, 0.2) is 0 Å². The van der Waals surface area contributed by atoms with Crippen LogP contribution >= 0.6 is 0 Å². The SMILES string of the molecule is CC(C)(C)[C](Nc1ccccc1)c1ccccc1. The summed E-state index contributed by atoms with van der Waals surface area (Å²) >= 11 is 0. The second-order valence-corrected chi connectivity index (χ2v) is 5.48. The van der Waals surface area contributed by atoms with E-state index in [1.807, 2.05) is 24.3 Å². The summed E-state index contributed by atoms with van der Waals surface area (Å²) in [6.07, 6.45) is 0. The largest absolute Gasteiger partial charge is 0.373 e. The highest BCUT2D eigenvalue weighted by Crippen LogP contribution is 2.34. The first-order valence-corrected chi connectivity index (χ1v) is 6.32. The molecule has 1 nitrogen and oxygen atoms in total. The topological polar surface area (TPSA) is 12.0 Å². The second kappa shape index (κ2) is 5.26. The Morgan fingerprint density at radius 1 is 0.778 bits per heavy atom. The Morgan fingerprint density at radius 2 is 1.28 bits per heavy atom. The Kier molecular flexibility index (Phi) is 3.71. The van der Waals surface area contributed by atoms with Crippen LogP contribution in [0.2, 0.25) is 0 Å². The first-order chi connectivity index (χ1) is 8.57. The fourth-order valence-electron chi connectivity index (χ4n) is 1.96. The normalized spacial score (nSPS) is 11.6. The predicted molar refractivity (Wildman–Crippen MR) is 78.3 cm³/mol. The van der Waals surface area contributed by atoms with Gasteiger partial charge >= 0.3 is 0 Å². The van der Waals surface area contributed by atoms with Gasteiger partial charge in [-0.15, -0.1) is 0 Å². The summed E-state index contributed by atoms with van der Waals surface area (Å²) in [5, 5.41) is 3.55. The van der Waals surface area contributed by atoms with Crippen molar-refractivity contribution in [1.82, 2.24) is 0 Å². The van der Waals surface area contributed by atoms with Crippen LogP contribution in [0.15, 0.2) is 60.7 Å². The van der Waals surface area contributed by atoms with Crippen LogP contribution in [0.5, 0.6) is 0 Å². The quantitative estimate of drug-likeness (QED) is 0.815. The Labute approximate surface area is 110 Å². The summed E-state index contributed by atoms with van der Waals surface area (Å²) in [5.74, 6) is 0. The van der Waals surface area contributed by atoms with Crippen molar-refractivity contribution in [3.8, 4) is 0 Å². The monoisotopic (exact) mass is 238 g/mol. The van der Waals surface area contributed by atoms with E-state index in [-0.39, 0.29) is 5.41 Å². The van der Waals surface area contributed by atoms with E-state index in [0.29, 0.717) is 0 Å². The summed E-state index contributed by atoms with van der Waals surface area (Å²) in [4.78, 5) is 0. The van der Waals surface area contributed by atoms with Crippen molar-refractivity contribution in [3.63, 3.8) is 0 Å². The molecule has 2 rings (SSSR count). The van der Waals surface area contributed by atoms with Gasteiger partial charge in [-0.3, -0.25) is 0 Å². The van der Waals surface area contributed by atoms with Crippen LogP contribution in [0.4, 0.5) is 5.69 Å². The minimum Gasteiger partial charge on any atom is -0.373 e. The summed E-state index contributed by atoms with van der Waals surface area (Å²) < 4.78 is 0. The molecule has 1 N–H and O–H groups in total. The summed E-state index contributed by atoms with van der Waals surface area (Å²) in [7, 11) is 0. The highest BCUT2D eigenvalue weighted by Gasteiger charge is 2.27. The number of benzene rings is 2. The van der Waals surface area contributed by atoms with E-state index in [1.165, 1.54) is 11.6 Å². The number of hydrogen-bond donors (Lipinski definition) is 1. The number of rotatable bonds is 3. The Morgan fingerprint density at radius 3 is 1.78 bits per heavy atom. The van der Waals surface area contributed by atoms with Crippen molar-refractivity contribution >= 4 is 5.69 Å². The Hall–Kier alpha value is -1.76. The van der Waals surface area contributed by atoms with Crippen molar-refractivity contribution < 1.29 is 0 Å². The maximum Gasteiger partial charge on any atom is 0.0952 e. The zero-order chi connectivity index (χ0) is 13.0. The zero-order valence-corrected chi connectivity index (χ0v) is 11.3. The summed E-state index contributed by atoms with van der Waals surface area (Å²) in [5.41, 5.74) is 2.46. The highest BCUT2D eigenvalue weighted by atomic mass is 14.9. The zero-order valence-electron chi connectivity index (χ0n) is 11.3. The smallest absolute Gasteiger partial charge is 0.0952 e. The molecule has 0 spiro atoms. The second-order valence-electron chi connectivity index (χ2n) is 5.48. The van der Waals surface area contributed by atoms with Crippen molar-refractivity contribution in [3.05, 3.63) is 72.3 Å². The lowest BCUT2D eigenvalue weighted by Crippen LogP contribution is -2.26. The van der Waals surface area contributed by atoms with Crippen molar-refractivity contribution in [1.29, 1.82) is 0 Å². The molecule has 2 aromatic rings. The summed E-state index contributed by atoms with van der Waals surface area (Å²) in [6, 6.07) is 22.1. The maximum absolute atomic E-state index is 3.55. The van der Waals surface area contributed by atoms with Crippen LogP contribution in [0.25, 0.3) is 0 Å². The van der Waals surface area contributed by atoms with E-state index in [4.69, 9.17) is 0 Å². The van der Waals surface area contributed by atoms with E-state index in [0.717, 1.165) is 5.69 Å². The van der Waals surface area contributed by atoms with Crippen molar-refractivity contribution in [2.75, 3.05) is 5.32 Å². The lowest BCUT2D eigenvalue weighted by atomic mass is 9.82. The molecule has 1 heteroatoms. The molecule has 2 aromatic carbocycles. The number of anilines is 1. The van der Waals surface area contributed by atoms with Crippen LogP contribution < -0.4 is 5.32 Å². The van der Waals surface area contributed by atoms with Gasteiger partial charge in [0.25, 0.3) is 0 Å². The first-order valence-electron chi connectivity index (χ1n) is 6.32. The molecule has 1 radical (unpaired) electrons. The van der Waals surface area contributed by atoms with Gasteiger partial charge in [-0.1, -0.05) is 69.3 Å². The molecule has 0 aromatic heterocycles. The van der Waals surface area contributed by atoms with E-state index in [1.54, 1.807) is 0 Å². The molecular weight excluding hydrogens is 218 g/mol. The van der Waals surface area contributed by atoms with Crippen LogP contribution in [-0.4, -0.2) is 0 Å². The fourth-order valence-corrected chi connectivity index (χ4v) is 1.96. The molecule has 0 atom stereocenters. The van der Waals surface area contributed by atoms with Crippen molar-refractivity contribution in [2.45, 2.75) is 20.8 Å². The standard InChI is InChI=1S/C17H20N/c1-17(2,3)16(14-10-6-4-7-11-14)18-15-12-8-5-9-13-15/h4-13,18H,1-3H3. The molecule has 0 saturated carbocycles. The molecule has 0 aliphatic heterocycles. The molecule has 0 fully saturated rings. The van der Waals surface area contributed by atoms with Crippen LogP contribution in [0.3, 0.4) is 0 Å². The van der Waals surface area contributed by atoms with Gasteiger partial charge in [-0.05, 0) is 23.1 Å². The van der Waals surface area contributed by atoms with Crippen molar-refractivity contribution in [2.24, 2.45) is 5.41 Å². The molecule has 0 bridgehead atoms. The maximum atomic E-state index is 3.55. The average molecular weight is 238 g/mol. The van der Waals surface area contributed by atoms with Gasteiger partial charge in [0, 0.05) is 5.69 Å². The van der Waals surface area contributed by atoms with Crippen LogP contribution in [-0.2, 0) is 0 Å².